The molecule has 0 atom stereocenters. The Morgan fingerprint density at radius 2 is 2.00 bits per heavy atom. The molecule has 2 aromatic heterocycles. The van der Waals surface area contributed by atoms with Gasteiger partial charge in [0, 0.05) is 12.2 Å². The van der Waals surface area contributed by atoms with Gasteiger partial charge in [-0.15, -0.1) is 0 Å². The smallest absolute Gasteiger partial charge is 0.265 e. The predicted octanol–water partition coefficient (Wildman–Crippen LogP) is 2.62. The van der Waals surface area contributed by atoms with E-state index in [9.17, 15) is 14.7 Å². The van der Waals surface area contributed by atoms with Gasteiger partial charge in [-0.25, -0.2) is 4.98 Å². The molecule has 1 amide bonds. The highest BCUT2D eigenvalue weighted by Gasteiger charge is 2.19. The lowest BCUT2D eigenvalue weighted by Crippen LogP contribution is -2.36. The molecule has 0 unspecified atom stereocenters. The summed E-state index contributed by atoms with van der Waals surface area (Å²) in [5.74, 6) is -0.187. The van der Waals surface area contributed by atoms with Gasteiger partial charge in [-0.05, 0) is 43.2 Å². The third-order valence-corrected chi connectivity index (χ3v) is 4.81. The molecule has 1 saturated carbocycles. The molecular weight excluding hydrogens is 318 g/mol. The summed E-state index contributed by atoms with van der Waals surface area (Å²) < 4.78 is 1.36. The Bertz CT molecular complexity index is 1020. The molecule has 1 fully saturated rings. The van der Waals surface area contributed by atoms with Crippen molar-refractivity contribution < 1.29 is 9.90 Å². The minimum atomic E-state index is -0.303. The summed E-state index contributed by atoms with van der Waals surface area (Å²) >= 11 is 0. The van der Waals surface area contributed by atoms with Gasteiger partial charge in [0.1, 0.15) is 5.75 Å². The highest BCUT2D eigenvalue weighted by atomic mass is 16.3. The first-order valence-electron chi connectivity index (χ1n) is 8.58. The maximum absolute atomic E-state index is 12.7. The zero-order valence-electron chi connectivity index (χ0n) is 13.7. The number of aromatic hydroxyl groups is 1. The molecule has 3 aromatic rings. The van der Waals surface area contributed by atoms with Gasteiger partial charge in [0.15, 0.2) is 5.65 Å². The Morgan fingerprint density at radius 3 is 2.80 bits per heavy atom. The SMILES string of the molecule is O=C(NC1CCCCC1)c1cccn2c(=O)c3cc(O)ccc3nc12. The zero-order chi connectivity index (χ0) is 17.4. The average Bonchev–Trinajstić information content (AvgIpc) is 2.63. The number of pyridine rings is 1. The number of carbonyl (C=O) groups excluding carboxylic acids is 1. The molecule has 25 heavy (non-hydrogen) atoms. The fourth-order valence-corrected chi connectivity index (χ4v) is 3.50. The van der Waals surface area contributed by atoms with Gasteiger partial charge in [-0.2, -0.15) is 0 Å². The molecule has 4 rings (SSSR count). The van der Waals surface area contributed by atoms with Crippen LogP contribution in [0.25, 0.3) is 16.6 Å². The molecule has 128 valence electrons. The first-order chi connectivity index (χ1) is 12.1. The summed E-state index contributed by atoms with van der Waals surface area (Å²) in [7, 11) is 0. The predicted molar refractivity (Wildman–Crippen MR) is 95.0 cm³/mol. The molecule has 1 aliphatic rings. The van der Waals surface area contributed by atoms with Crippen molar-refractivity contribution in [1.82, 2.24) is 14.7 Å². The number of benzene rings is 1. The lowest BCUT2D eigenvalue weighted by molar-refractivity contribution is 0.0929. The van der Waals surface area contributed by atoms with Gasteiger partial charge in [-0.1, -0.05) is 19.3 Å². The molecule has 0 saturated heterocycles. The van der Waals surface area contributed by atoms with Gasteiger partial charge < -0.3 is 10.4 Å². The summed E-state index contributed by atoms with van der Waals surface area (Å²) in [6, 6.07) is 8.00. The average molecular weight is 337 g/mol. The Labute approximate surface area is 144 Å². The van der Waals surface area contributed by atoms with Gasteiger partial charge in [-0.3, -0.25) is 14.0 Å². The quantitative estimate of drug-likeness (QED) is 0.704. The van der Waals surface area contributed by atoms with Crippen LogP contribution in [-0.2, 0) is 0 Å². The van der Waals surface area contributed by atoms with E-state index >= 15 is 0 Å². The molecule has 1 aliphatic carbocycles. The second-order valence-corrected chi connectivity index (χ2v) is 6.54. The summed E-state index contributed by atoms with van der Waals surface area (Å²) in [4.78, 5) is 29.9. The molecule has 0 bridgehead atoms. The maximum Gasteiger partial charge on any atom is 0.265 e. The highest BCUT2D eigenvalue weighted by molar-refractivity contribution is 6.00. The number of carbonyl (C=O) groups is 1. The maximum atomic E-state index is 12.7. The second kappa shape index (κ2) is 6.20. The number of aromatic nitrogens is 2. The molecule has 0 radical (unpaired) electrons. The van der Waals surface area contributed by atoms with Crippen LogP contribution in [-0.4, -0.2) is 26.4 Å². The zero-order valence-corrected chi connectivity index (χ0v) is 13.7. The van der Waals surface area contributed by atoms with E-state index < -0.39 is 0 Å². The van der Waals surface area contributed by atoms with Crippen molar-refractivity contribution in [3.63, 3.8) is 0 Å². The van der Waals surface area contributed by atoms with E-state index in [1.165, 1.54) is 23.0 Å². The van der Waals surface area contributed by atoms with E-state index in [1.807, 2.05) is 0 Å². The number of rotatable bonds is 2. The van der Waals surface area contributed by atoms with Crippen LogP contribution in [0.3, 0.4) is 0 Å². The van der Waals surface area contributed by atoms with Crippen LogP contribution >= 0.6 is 0 Å². The van der Waals surface area contributed by atoms with Crippen LogP contribution in [0.5, 0.6) is 5.75 Å². The van der Waals surface area contributed by atoms with Crippen LogP contribution in [0.1, 0.15) is 42.5 Å². The Hall–Kier alpha value is -2.89. The van der Waals surface area contributed by atoms with E-state index in [4.69, 9.17) is 0 Å². The van der Waals surface area contributed by atoms with Crippen molar-refractivity contribution in [2.75, 3.05) is 0 Å². The van der Waals surface area contributed by atoms with E-state index in [1.54, 1.807) is 24.4 Å². The Balaban J connectivity index is 1.81. The van der Waals surface area contributed by atoms with E-state index in [0.717, 1.165) is 25.7 Å². The van der Waals surface area contributed by atoms with Crippen molar-refractivity contribution in [1.29, 1.82) is 0 Å². The fourth-order valence-electron chi connectivity index (χ4n) is 3.50. The summed E-state index contributed by atoms with van der Waals surface area (Å²) in [5.41, 5.74) is 0.878. The number of hydrogen-bond acceptors (Lipinski definition) is 4. The van der Waals surface area contributed by atoms with Crippen molar-refractivity contribution in [3.8, 4) is 5.75 Å². The molecule has 0 spiro atoms. The van der Waals surface area contributed by atoms with E-state index in [-0.39, 0.29) is 23.3 Å². The van der Waals surface area contributed by atoms with Gasteiger partial charge in [0.25, 0.3) is 11.5 Å². The van der Waals surface area contributed by atoms with Crippen molar-refractivity contribution in [2.24, 2.45) is 0 Å². The number of fused-ring (bicyclic) bond motifs is 2. The largest absolute Gasteiger partial charge is 0.508 e. The number of nitrogens with zero attached hydrogens (tertiary/aromatic N) is 2. The van der Waals surface area contributed by atoms with Crippen LogP contribution < -0.4 is 10.9 Å². The monoisotopic (exact) mass is 337 g/mol. The van der Waals surface area contributed by atoms with E-state index in [0.29, 0.717) is 22.1 Å². The van der Waals surface area contributed by atoms with Crippen LogP contribution in [0, 0.1) is 0 Å². The molecule has 6 heteroatoms. The fraction of sp³-hybridized carbons (Fsp3) is 0.316. The van der Waals surface area contributed by atoms with Crippen LogP contribution in [0.4, 0.5) is 0 Å². The number of phenols is 1. The number of phenolic OH excluding ortho intramolecular Hbond substituents is 1. The third kappa shape index (κ3) is 2.84. The molecule has 0 aliphatic heterocycles. The van der Waals surface area contributed by atoms with Crippen LogP contribution in [0.15, 0.2) is 41.3 Å². The lowest BCUT2D eigenvalue weighted by atomic mass is 9.95. The van der Waals surface area contributed by atoms with Crippen molar-refractivity contribution in [3.05, 3.63) is 52.4 Å². The third-order valence-electron chi connectivity index (χ3n) is 4.81. The van der Waals surface area contributed by atoms with Gasteiger partial charge >= 0.3 is 0 Å². The summed E-state index contributed by atoms with van der Waals surface area (Å²) in [6.07, 6.45) is 7.05. The number of hydrogen-bond donors (Lipinski definition) is 2. The topological polar surface area (TPSA) is 83.7 Å². The second-order valence-electron chi connectivity index (χ2n) is 6.54. The molecule has 6 nitrogen and oxygen atoms in total. The molecule has 2 heterocycles. The molecular formula is C19H19N3O3. The van der Waals surface area contributed by atoms with E-state index in [2.05, 4.69) is 10.3 Å². The summed E-state index contributed by atoms with van der Waals surface area (Å²) in [5, 5.41) is 13.0. The molecule has 2 N–H and O–H groups in total. The number of nitrogens with one attached hydrogen (secondary N) is 1. The van der Waals surface area contributed by atoms with Crippen LogP contribution in [0.2, 0.25) is 0 Å². The Morgan fingerprint density at radius 1 is 1.20 bits per heavy atom. The molecule has 1 aromatic carbocycles. The summed E-state index contributed by atoms with van der Waals surface area (Å²) in [6.45, 7) is 0. The van der Waals surface area contributed by atoms with Gasteiger partial charge in [0.2, 0.25) is 0 Å². The van der Waals surface area contributed by atoms with Crippen molar-refractivity contribution >= 4 is 22.5 Å². The lowest BCUT2D eigenvalue weighted by Gasteiger charge is -2.23. The van der Waals surface area contributed by atoms with Crippen molar-refractivity contribution in [2.45, 2.75) is 38.1 Å². The minimum Gasteiger partial charge on any atom is -0.508 e. The standard InChI is InChI=1S/C19H19N3O3/c23-13-8-9-16-15(11-13)19(25)22-10-4-7-14(17(22)21-16)18(24)20-12-5-2-1-3-6-12/h4,7-12,23H,1-3,5-6H2,(H,20,24). The highest BCUT2D eigenvalue weighted by Crippen LogP contribution is 2.20. The Kier molecular flexibility index (Phi) is 3.87. The van der Waals surface area contributed by atoms with Gasteiger partial charge in [0.05, 0.1) is 16.5 Å². The number of amides is 1. The first-order valence-corrected chi connectivity index (χ1v) is 8.58. The normalized spacial score (nSPS) is 15.5. The first kappa shape index (κ1) is 15.6. The minimum absolute atomic E-state index is 0.0116.